The van der Waals surface area contributed by atoms with Crippen LogP contribution in [0.3, 0.4) is 0 Å². The first-order valence-corrected chi connectivity index (χ1v) is 21.3. The number of aliphatic hydroxyl groups excluding tert-OH is 7. The number of aliphatic hydroxyl groups is 8. The fourth-order valence-corrected chi connectivity index (χ4v) is 13.4. The predicted octanol–water partition coefficient (Wildman–Crippen LogP) is 0.209. The normalized spacial score (nSPS) is 55.1. The van der Waals surface area contributed by atoms with Crippen molar-refractivity contribution in [2.24, 2.45) is 45.8 Å². The van der Waals surface area contributed by atoms with Crippen LogP contribution in [0.5, 0.6) is 0 Å². The van der Waals surface area contributed by atoms with E-state index in [1.54, 1.807) is 6.92 Å². The predicted molar refractivity (Wildman–Crippen MR) is 199 cm³/mol. The van der Waals surface area contributed by atoms with Gasteiger partial charge in [0, 0.05) is 24.2 Å². The zero-order chi connectivity index (χ0) is 41.9. The van der Waals surface area contributed by atoms with Crippen LogP contribution >= 0.6 is 0 Å². The second-order valence-electron chi connectivity index (χ2n) is 19.8. The van der Waals surface area contributed by atoms with Crippen molar-refractivity contribution < 1.29 is 78.9 Å². The molecule has 0 radical (unpaired) electrons. The molecule has 8 aliphatic rings. The van der Waals surface area contributed by atoms with Gasteiger partial charge in [-0.3, -0.25) is 4.79 Å². The summed E-state index contributed by atoms with van der Waals surface area (Å²) in [6, 6.07) is 0. The van der Waals surface area contributed by atoms with Crippen LogP contribution in [0, 0.1) is 45.8 Å². The third-order valence-electron chi connectivity index (χ3n) is 16.9. The molecule has 58 heavy (non-hydrogen) atoms. The van der Waals surface area contributed by atoms with Gasteiger partial charge in [0.2, 0.25) is 0 Å². The second kappa shape index (κ2) is 15.2. The largest absolute Gasteiger partial charge is 0.462 e. The summed E-state index contributed by atoms with van der Waals surface area (Å²) in [6.07, 6.45) is -7.35. The fraction of sp³-hybridized carbons (Fsp3) is 0.905. The highest BCUT2D eigenvalue weighted by Gasteiger charge is 2.68. The molecule has 0 unspecified atom stereocenters. The van der Waals surface area contributed by atoms with Gasteiger partial charge in [0.25, 0.3) is 0 Å². The van der Waals surface area contributed by atoms with E-state index < -0.39 is 115 Å². The van der Waals surface area contributed by atoms with E-state index in [0.717, 1.165) is 44.1 Å². The maximum absolute atomic E-state index is 12.9. The first kappa shape index (κ1) is 42.9. The monoisotopic (exact) mass is 824 g/mol. The van der Waals surface area contributed by atoms with Crippen LogP contribution in [0.25, 0.3) is 0 Å². The smallest absolute Gasteiger partial charge is 0.338 e. The highest BCUT2D eigenvalue weighted by atomic mass is 16.7. The summed E-state index contributed by atoms with van der Waals surface area (Å²) >= 11 is 0. The maximum Gasteiger partial charge on any atom is 0.338 e. The van der Waals surface area contributed by atoms with Crippen molar-refractivity contribution in [3.05, 3.63) is 11.6 Å². The van der Waals surface area contributed by atoms with Gasteiger partial charge in [-0.2, -0.15) is 0 Å². The summed E-state index contributed by atoms with van der Waals surface area (Å²) in [5, 5.41) is 84.0. The van der Waals surface area contributed by atoms with Crippen molar-refractivity contribution in [1.29, 1.82) is 0 Å². The molecule has 16 nitrogen and oxygen atoms in total. The van der Waals surface area contributed by atoms with Gasteiger partial charge in [-0.1, -0.05) is 32.4 Å². The van der Waals surface area contributed by atoms with E-state index in [1.807, 2.05) is 6.92 Å². The van der Waals surface area contributed by atoms with E-state index in [4.69, 9.17) is 28.4 Å². The van der Waals surface area contributed by atoms with Crippen LogP contribution in [0.4, 0.5) is 0 Å². The topological polar surface area (TPSA) is 251 Å². The minimum Gasteiger partial charge on any atom is -0.462 e. The fourth-order valence-electron chi connectivity index (χ4n) is 13.4. The van der Waals surface area contributed by atoms with Gasteiger partial charge in [-0.25, -0.2) is 4.79 Å². The van der Waals surface area contributed by atoms with Gasteiger partial charge in [0.05, 0.1) is 19.3 Å². The lowest BCUT2D eigenvalue weighted by molar-refractivity contribution is -0.337. The SMILES string of the molecule is CC(=O)O[C@H]1C[C@H](O[C@@H]2O[C@H](CO[C@@H]3O[C@H](CO)[C@@H](O)[C@H](O)[C@H]3O)[C@@H](O)[C@H](O)[C@H]2O)CC2=CC[C@H]3[C@@H]4CC[C@H]([C@@H]5C[C@]6(C)C[C@H]5OC(=O)[C@@]6(C)O)[C@@]4(C)CC[C@@H]3[C@]21C. The Morgan fingerprint density at radius 1 is 0.828 bits per heavy atom. The van der Waals surface area contributed by atoms with Gasteiger partial charge in [-0.05, 0) is 93.3 Å². The summed E-state index contributed by atoms with van der Waals surface area (Å²) in [5.41, 5.74) is -1.37. The molecule has 3 saturated heterocycles. The lowest BCUT2D eigenvalue weighted by Gasteiger charge is -2.60. The molecule has 0 amide bonds. The second-order valence-corrected chi connectivity index (χ2v) is 19.8. The Morgan fingerprint density at radius 3 is 2.14 bits per heavy atom. The minimum absolute atomic E-state index is 0.0276. The molecule has 8 N–H and O–H groups in total. The van der Waals surface area contributed by atoms with Crippen molar-refractivity contribution in [1.82, 2.24) is 0 Å². The minimum atomic E-state index is -1.70. The Morgan fingerprint density at radius 2 is 1.47 bits per heavy atom. The molecule has 4 saturated carbocycles. The first-order valence-electron chi connectivity index (χ1n) is 21.3. The number of fused-ring (bicyclic) bond motifs is 7. The van der Waals surface area contributed by atoms with Gasteiger partial charge in [0.15, 0.2) is 18.2 Å². The molecule has 328 valence electrons. The Balaban J connectivity index is 0.971. The zero-order valence-electron chi connectivity index (χ0n) is 34.1. The first-order chi connectivity index (χ1) is 27.2. The third kappa shape index (κ3) is 6.62. The molecular weight excluding hydrogens is 760 g/mol. The van der Waals surface area contributed by atoms with E-state index >= 15 is 0 Å². The quantitative estimate of drug-likeness (QED) is 0.120. The molecule has 0 aromatic carbocycles. The molecular formula is C42H64O16. The molecule has 0 aromatic heterocycles. The summed E-state index contributed by atoms with van der Waals surface area (Å²) in [6.45, 7) is 8.52. The average Bonchev–Trinajstić information content (AvgIpc) is 3.68. The lowest BCUT2D eigenvalue weighted by atomic mass is 9.46. The van der Waals surface area contributed by atoms with Crippen molar-refractivity contribution in [3.8, 4) is 0 Å². The van der Waals surface area contributed by atoms with Crippen LogP contribution in [-0.2, 0) is 38.0 Å². The number of ether oxygens (including phenoxy) is 6. The number of hydrogen-bond acceptors (Lipinski definition) is 16. The Kier molecular flexibility index (Phi) is 11.3. The van der Waals surface area contributed by atoms with Gasteiger partial charge >= 0.3 is 11.9 Å². The van der Waals surface area contributed by atoms with Crippen molar-refractivity contribution in [3.63, 3.8) is 0 Å². The molecule has 5 aliphatic carbocycles. The summed E-state index contributed by atoms with van der Waals surface area (Å²) < 4.78 is 35.4. The molecule has 3 aliphatic heterocycles. The van der Waals surface area contributed by atoms with E-state index in [1.165, 1.54) is 6.92 Å². The highest BCUT2D eigenvalue weighted by molar-refractivity contribution is 5.81. The van der Waals surface area contributed by atoms with Crippen LogP contribution in [0.1, 0.15) is 92.4 Å². The van der Waals surface area contributed by atoms with Crippen LogP contribution < -0.4 is 0 Å². The number of carbonyl (C=O) groups excluding carboxylic acids is 2. The average molecular weight is 825 g/mol. The van der Waals surface area contributed by atoms with Crippen molar-refractivity contribution in [2.45, 2.75) is 178 Å². The van der Waals surface area contributed by atoms with E-state index in [2.05, 4.69) is 19.9 Å². The third-order valence-corrected chi connectivity index (χ3v) is 16.9. The van der Waals surface area contributed by atoms with Gasteiger partial charge in [0.1, 0.15) is 61.0 Å². The summed E-state index contributed by atoms with van der Waals surface area (Å²) in [7, 11) is 0. The van der Waals surface area contributed by atoms with Crippen LogP contribution in [0.2, 0.25) is 0 Å². The van der Waals surface area contributed by atoms with E-state index in [-0.39, 0.29) is 23.4 Å². The molecule has 0 spiro atoms. The number of hydrogen-bond donors (Lipinski definition) is 8. The highest BCUT2D eigenvalue weighted by Crippen LogP contribution is 2.70. The zero-order valence-corrected chi connectivity index (χ0v) is 34.1. The van der Waals surface area contributed by atoms with E-state index in [0.29, 0.717) is 37.0 Å². The number of carbonyl (C=O) groups is 2. The van der Waals surface area contributed by atoms with Crippen molar-refractivity contribution in [2.75, 3.05) is 13.2 Å². The van der Waals surface area contributed by atoms with Crippen molar-refractivity contribution >= 4 is 11.9 Å². The molecule has 3 heterocycles. The molecule has 16 heteroatoms. The Bertz CT molecular complexity index is 1600. The van der Waals surface area contributed by atoms with E-state index in [9.17, 15) is 50.4 Å². The maximum atomic E-state index is 12.9. The van der Waals surface area contributed by atoms with Gasteiger partial charge in [-0.15, -0.1) is 0 Å². The van der Waals surface area contributed by atoms with Crippen LogP contribution in [0.15, 0.2) is 11.6 Å². The number of rotatable bonds is 8. The Labute approximate surface area is 338 Å². The number of esters is 2. The Hall–Kier alpha value is -1.80. The molecule has 0 aromatic rings. The lowest BCUT2D eigenvalue weighted by Crippen LogP contribution is -2.62. The number of allylic oxidation sites excluding steroid dienone is 1. The molecule has 7 fully saturated rings. The molecule has 22 atom stereocenters. The standard InChI is InChI=1S/C42H64O16/c1-18(44)54-29-13-20(55-37-35(50)33(48)31(46)28(57-37)17-53-36-34(49)32(47)30(45)27(16-43)56-36)12-19-6-7-21-23-8-9-24(40(23,3)11-10-25(21)41(19,29)4)22-14-39(2)15-26(22)58-38(51)42(39,5)52/h6,20-37,43,45-50,52H,7-17H2,1-5H3/t20-,21+,22+,23+,24-,25+,26-,27-,28-,29+,30-,31-,32+,33+,34-,35-,36-,37-,39-,40+,41+,42-/m1/s1. The van der Waals surface area contributed by atoms with Crippen LogP contribution in [-0.4, -0.2) is 151 Å². The summed E-state index contributed by atoms with van der Waals surface area (Å²) in [5.74, 6) is 0.621. The molecule has 2 bridgehead atoms. The summed E-state index contributed by atoms with van der Waals surface area (Å²) in [4.78, 5) is 25.6. The van der Waals surface area contributed by atoms with Gasteiger partial charge < -0.3 is 69.3 Å². The molecule has 8 rings (SSSR count).